The van der Waals surface area contributed by atoms with E-state index in [0.717, 1.165) is 11.1 Å². The van der Waals surface area contributed by atoms with E-state index in [1.165, 1.54) is 13.0 Å². The zero-order valence-electron chi connectivity index (χ0n) is 18.3. The maximum atomic E-state index is 13.6. The van der Waals surface area contributed by atoms with Gasteiger partial charge in [0.25, 0.3) is 0 Å². The predicted octanol–water partition coefficient (Wildman–Crippen LogP) is 3.65. The second-order valence-electron chi connectivity index (χ2n) is 8.25. The summed E-state index contributed by atoms with van der Waals surface area (Å²) in [6.45, 7) is 8.99. The number of ether oxygens (including phenoxy) is 1. The molecule has 0 saturated heterocycles. The summed E-state index contributed by atoms with van der Waals surface area (Å²) in [7, 11) is 0. The summed E-state index contributed by atoms with van der Waals surface area (Å²) in [4.78, 5) is 12.5. The van der Waals surface area contributed by atoms with Gasteiger partial charge in [0.15, 0.2) is 12.0 Å². The maximum Gasteiger partial charge on any atom is 0.166 e. The first kappa shape index (κ1) is 22.4. The summed E-state index contributed by atoms with van der Waals surface area (Å²) < 4.78 is 21.3. The van der Waals surface area contributed by atoms with Crippen molar-refractivity contribution in [2.45, 2.75) is 59.0 Å². The van der Waals surface area contributed by atoms with Crippen molar-refractivity contribution in [2.75, 3.05) is 11.1 Å². The van der Waals surface area contributed by atoms with Gasteiger partial charge >= 0.3 is 0 Å². The molecule has 3 aromatic rings. The molecule has 4 N–H and O–H groups in total. The average Bonchev–Trinajstić information content (AvgIpc) is 3.07. The van der Waals surface area contributed by atoms with Crippen molar-refractivity contribution in [3.63, 3.8) is 0 Å². The Bertz CT molecular complexity index is 1040. The molecule has 0 radical (unpaired) electrons. The lowest BCUT2D eigenvalue weighted by Gasteiger charge is -2.17. The van der Waals surface area contributed by atoms with Crippen LogP contribution in [0.4, 0.5) is 21.8 Å². The fraction of sp³-hybridized carbons (Fsp3) is 0.429. The van der Waals surface area contributed by atoms with E-state index in [2.05, 4.69) is 25.4 Å². The fourth-order valence-electron chi connectivity index (χ4n) is 2.92. The number of alkyl halides is 1. The van der Waals surface area contributed by atoms with Crippen LogP contribution in [0.25, 0.3) is 11.1 Å². The standard InChI is InChI=1S/C21H28FN7O2/c1-12(2)31-16-6-18(27-19-7-17(23)26-20(28-19)13(3)22)24-9-15(16)14-8-25-29(10-14)11-21(4,5)30/h6-10,12-13,30H,11H2,1-5H3,(H3,23,24,26,27,28)/t13-/m0/s1. The van der Waals surface area contributed by atoms with E-state index in [1.807, 2.05) is 20.0 Å². The van der Waals surface area contributed by atoms with Crippen LogP contribution in [0.3, 0.4) is 0 Å². The maximum absolute atomic E-state index is 13.6. The minimum atomic E-state index is -1.35. The molecule has 31 heavy (non-hydrogen) atoms. The van der Waals surface area contributed by atoms with Crippen LogP contribution in [0.2, 0.25) is 0 Å². The van der Waals surface area contributed by atoms with E-state index in [1.54, 1.807) is 37.0 Å². The summed E-state index contributed by atoms with van der Waals surface area (Å²) in [5.41, 5.74) is 6.43. The van der Waals surface area contributed by atoms with Gasteiger partial charge in [-0.15, -0.1) is 0 Å². The highest BCUT2D eigenvalue weighted by Crippen LogP contribution is 2.33. The number of nitrogen functional groups attached to an aromatic ring is 1. The molecule has 9 nitrogen and oxygen atoms in total. The van der Waals surface area contributed by atoms with Crippen molar-refractivity contribution in [3.05, 3.63) is 36.5 Å². The predicted molar refractivity (Wildman–Crippen MR) is 117 cm³/mol. The number of nitrogens with one attached hydrogen (secondary N) is 1. The normalized spacial score (nSPS) is 12.8. The highest BCUT2D eigenvalue weighted by atomic mass is 19.1. The third-order valence-electron chi connectivity index (χ3n) is 4.10. The lowest BCUT2D eigenvalue weighted by Crippen LogP contribution is -2.26. The topological polar surface area (TPSA) is 124 Å². The van der Waals surface area contributed by atoms with Gasteiger partial charge in [0.2, 0.25) is 0 Å². The van der Waals surface area contributed by atoms with E-state index < -0.39 is 11.8 Å². The zero-order valence-corrected chi connectivity index (χ0v) is 18.3. The Labute approximate surface area is 180 Å². The Morgan fingerprint density at radius 3 is 2.58 bits per heavy atom. The van der Waals surface area contributed by atoms with Crippen LogP contribution in [0.15, 0.2) is 30.7 Å². The molecule has 0 unspecified atom stereocenters. The van der Waals surface area contributed by atoms with Crippen LogP contribution in [0, 0.1) is 0 Å². The molecule has 0 aliphatic heterocycles. The van der Waals surface area contributed by atoms with Gasteiger partial charge in [-0.1, -0.05) is 0 Å². The van der Waals surface area contributed by atoms with Crippen molar-refractivity contribution < 1.29 is 14.2 Å². The molecule has 3 rings (SSSR count). The van der Waals surface area contributed by atoms with Crippen LogP contribution < -0.4 is 15.8 Å². The number of hydrogen-bond acceptors (Lipinski definition) is 8. The van der Waals surface area contributed by atoms with Crippen molar-refractivity contribution in [2.24, 2.45) is 0 Å². The molecule has 0 saturated carbocycles. The number of halogens is 1. The second-order valence-corrected chi connectivity index (χ2v) is 8.25. The van der Waals surface area contributed by atoms with Crippen molar-refractivity contribution in [1.29, 1.82) is 0 Å². The van der Waals surface area contributed by atoms with Gasteiger partial charge < -0.3 is 20.9 Å². The smallest absolute Gasteiger partial charge is 0.166 e. The SMILES string of the molecule is CC(C)Oc1cc(Nc2cc(N)nc([C@H](C)F)n2)ncc1-c1cnn(CC(C)(C)O)c1. The highest BCUT2D eigenvalue weighted by molar-refractivity contribution is 5.71. The van der Waals surface area contributed by atoms with Crippen molar-refractivity contribution in [3.8, 4) is 16.9 Å². The molecule has 0 bridgehead atoms. The quantitative estimate of drug-likeness (QED) is 0.496. The number of nitrogens with two attached hydrogens (primary N) is 1. The van der Waals surface area contributed by atoms with E-state index in [4.69, 9.17) is 10.5 Å². The van der Waals surface area contributed by atoms with Crippen LogP contribution in [-0.2, 0) is 6.54 Å². The summed E-state index contributed by atoms with van der Waals surface area (Å²) in [5, 5.41) is 17.4. The van der Waals surface area contributed by atoms with Gasteiger partial charge in [-0.05, 0) is 34.6 Å². The first-order chi connectivity index (χ1) is 14.5. The zero-order chi connectivity index (χ0) is 22.8. The van der Waals surface area contributed by atoms with Gasteiger partial charge in [0.1, 0.15) is 23.2 Å². The van der Waals surface area contributed by atoms with E-state index in [-0.39, 0.29) is 17.7 Å². The molecule has 10 heteroatoms. The largest absolute Gasteiger partial charge is 0.490 e. The van der Waals surface area contributed by atoms with Gasteiger partial charge in [-0.2, -0.15) is 5.10 Å². The van der Waals surface area contributed by atoms with Crippen LogP contribution in [0.5, 0.6) is 5.75 Å². The molecule has 0 spiro atoms. The van der Waals surface area contributed by atoms with Crippen molar-refractivity contribution >= 4 is 17.5 Å². The number of hydrogen-bond donors (Lipinski definition) is 3. The third kappa shape index (κ3) is 6.11. The van der Waals surface area contributed by atoms with E-state index in [0.29, 0.717) is 23.9 Å². The molecular formula is C21H28FN7O2. The molecule has 3 aromatic heterocycles. The number of pyridine rings is 1. The number of aromatic nitrogens is 5. The molecular weight excluding hydrogens is 401 g/mol. The first-order valence-electron chi connectivity index (χ1n) is 9.97. The van der Waals surface area contributed by atoms with Gasteiger partial charge in [0.05, 0.1) is 24.4 Å². The summed E-state index contributed by atoms with van der Waals surface area (Å²) in [6.07, 6.45) is 3.77. The van der Waals surface area contributed by atoms with Gasteiger partial charge in [-0.25, -0.2) is 19.3 Å². The second kappa shape index (κ2) is 8.84. The Morgan fingerprint density at radius 2 is 1.94 bits per heavy atom. The lowest BCUT2D eigenvalue weighted by atomic mass is 10.1. The fourth-order valence-corrected chi connectivity index (χ4v) is 2.92. The van der Waals surface area contributed by atoms with E-state index >= 15 is 0 Å². The number of nitrogens with zero attached hydrogens (tertiary/aromatic N) is 5. The first-order valence-corrected chi connectivity index (χ1v) is 9.97. The van der Waals surface area contributed by atoms with Crippen molar-refractivity contribution in [1.82, 2.24) is 24.7 Å². The van der Waals surface area contributed by atoms with E-state index in [9.17, 15) is 9.50 Å². The summed E-state index contributed by atoms with van der Waals surface area (Å²) in [6, 6.07) is 3.24. The Kier molecular flexibility index (Phi) is 6.40. The number of rotatable bonds is 8. The molecule has 1 atom stereocenters. The Hall–Kier alpha value is -3.27. The molecule has 3 heterocycles. The average molecular weight is 430 g/mol. The lowest BCUT2D eigenvalue weighted by molar-refractivity contribution is 0.0577. The molecule has 0 fully saturated rings. The van der Waals surface area contributed by atoms with Gasteiger partial charge in [0, 0.05) is 35.7 Å². The Balaban J connectivity index is 1.92. The van der Waals surface area contributed by atoms with Crippen LogP contribution in [-0.4, -0.2) is 41.5 Å². The Morgan fingerprint density at radius 1 is 1.19 bits per heavy atom. The third-order valence-corrected chi connectivity index (χ3v) is 4.10. The molecule has 0 aromatic carbocycles. The number of anilines is 3. The summed E-state index contributed by atoms with van der Waals surface area (Å²) in [5.74, 6) is 1.54. The summed E-state index contributed by atoms with van der Waals surface area (Å²) >= 11 is 0. The minimum Gasteiger partial charge on any atom is -0.490 e. The minimum absolute atomic E-state index is 0.00278. The molecule has 0 aliphatic rings. The van der Waals surface area contributed by atoms with Gasteiger partial charge in [-0.3, -0.25) is 4.68 Å². The van der Waals surface area contributed by atoms with Crippen LogP contribution in [0.1, 0.15) is 46.6 Å². The molecule has 0 aliphatic carbocycles. The molecule has 0 amide bonds. The monoisotopic (exact) mass is 429 g/mol. The molecule has 166 valence electrons. The number of aliphatic hydroxyl groups is 1. The highest BCUT2D eigenvalue weighted by Gasteiger charge is 2.17. The van der Waals surface area contributed by atoms with Crippen LogP contribution >= 0.6 is 0 Å².